The minimum Gasteiger partial charge on any atom is -0.465 e. The molecule has 0 bridgehead atoms. The van der Waals surface area contributed by atoms with E-state index in [1.807, 2.05) is 24.3 Å². The van der Waals surface area contributed by atoms with Crippen LogP contribution < -0.4 is 0 Å². The highest BCUT2D eigenvalue weighted by Crippen LogP contribution is 2.11. The Morgan fingerprint density at radius 2 is 1.94 bits per heavy atom. The monoisotopic (exact) mass is 249 g/mol. The van der Waals surface area contributed by atoms with Crippen LogP contribution in [0.3, 0.4) is 0 Å². The molecular weight excluding hydrogens is 226 g/mol. The second-order valence-corrected chi connectivity index (χ2v) is 4.74. The summed E-state index contributed by atoms with van der Waals surface area (Å²) in [5, 5.41) is 0. The lowest BCUT2D eigenvalue weighted by Gasteiger charge is -2.24. The van der Waals surface area contributed by atoms with Gasteiger partial charge in [-0.05, 0) is 38.1 Å². The first-order valence-electron chi connectivity index (χ1n) is 6.46. The fourth-order valence-electron chi connectivity index (χ4n) is 1.95. The number of ether oxygens (including phenoxy) is 1. The van der Waals surface area contributed by atoms with Crippen molar-refractivity contribution >= 4 is 5.97 Å². The van der Waals surface area contributed by atoms with Crippen molar-refractivity contribution in [3.05, 3.63) is 35.4 Å². The predicted molar refractivity (Wildman–Crippen MR) is 73.6 cm³/mol. The average Bonchev–Trinajstić information content (AvgIpc) is 2.39. The van der Waals surface area contributed by atoms with Gasteiger partial charge in [0, 0.05) is 12.6 Å². The van der Waals surface area contributed by atoms with E-state index < -0.39 is 0 Å². The summed E-state index contributed by atoms with van der Waals surface area (Å²) in [6, 6.07) is 8.19. The van der Waals surface area contributed by atoms with Gasteiger partial charge in [-0.3, -0.25) is 4.90 Å². The lowest BCUT2D eigenvalue weighted by Crippen LogP contribution is -2.28. The molecule has 0 amide bonds. The van der Waals surface area contributed by atoms with Gasteiger partial charge in [-0.25, -0.2) is 4.79 Å². The van der Waals surface area contributed by atoms with Crippen LogP contribution in [0.2, 0.25) is 0 Å². The second kappa shape index (κ2) is 7.17. The van der Waals surface area contributed by atoms with Crippen molar-refractivity contribution in [1.82, 2.24) is 4.90 Å². The highest BCUT2D eigenvalue weighted by Gasteiger charge is 2.09. The fourth-order valence-corrected chi connectivity index (χ4v) is 1.95. The molecule has 0 N–H and O–H groups in total. The number of rotatable bonds is 6. The molecule has 18 heavy (non-hydrogen) atoms. The Bertz CT molecular complexity index is 373. The molecule has 3 nitrogen and oxygen atoms in total. The highest BCUT2D eigenvalue weighted by molar-refractivity contribution is 5.89. The number of benzene rings is 1. The Balaban J connectivity index is 2.60. The minimum atomic E-state index is -0.283. The van der Waals surface area contributed by atoms with Gasteiger partial charge in [-0.1, -0.05) is 25.5 Å². The van der Waals surface area contributed by atoms with E-state index in [4.69, 9.17) is 0 Å². The van der Waals surface area contributed by atoms with Gasteiger partial charge in [0.25, 0.3) is 0 Å². The number of carbonyl (C=O) groups excluding carboxylic acids is 1. The zero-order chi connectivity index (χ0) is 13.5. The first-order valence-corrected chi connectivity index (χ1v) is 6.46. The predicted octanol–water partition coefficient (Wildman–Crippen LogP) is 3.09. The number of carbonyl (C=O) groups is 1. The van der Waals surface area contributed by atoms with E-state index in [2.05, 4.69) is 30.5 Å². The molecule has 0 aliphatic carbocycles. The largest absolute Gasteiger partial charge is 0.465 e. The number of hydrogen-bond acceptors (Lipinski definition) is 3. The minimum absolute atomic E-state index is 0.283. The molecule has 0 fully saturated rings. The van der Waals surface area contributed by atoms with Gasteiger partial charge >= 0.3 is 5.97 Å². The van der Waals surface area contributed by atoms with Crippen molar-refractivity contribution < 1.29 is 9.53 Å². The van der Waals surface area contributed by atoms with Crippen molar-refractivity contribution in [1.29, 1.82) is 0 Å². The molecule has 1 unspecified atom stereocenters. The summed E-state index contributed by atoms with van der Waals surface area (Å²) >= 11 is 0. The van der Waals surface area contributed by atoms with Gasteiger partial charge in [0.05, 0.1) is 12.7 Å². The number of hydrogen-bond donors (Lipinski definition) is 0. The first kappa shape index (κ1) is 14.7. The Hall–Kier alpha value is -1.35. The summed E-state index contributed by atoms with van der Waals surface area (Å²) in [5.74, 6) is -0.283. The summed E-state index contributed by atoms with van der Waals surface area (Å²) < 4.78 is 4.68. The van der Waals surface area contributed by atoms with Gasteiger partial charge in [0.2, 0.25) is 0 Å². The van der Waals surface area contributed by atoms with E-state index in [9.17, 15) is 4.79 Å². The summed E-state index contributed by atoms with van der Waals surface area (Å²) in [7, 11) is 3.53. The van der Waals surface area contributed by atoms with Crippen LogP contribution in [0, 0.1) is 0 Å². The van der Waals surface area contributed by atoms with E-state index in [0.717, 1.165) is 6.54 Å². The maximum atomic E-state index is 11.3. The molecule has 0 aromatic heterocycles. The smallest absolute Gasteiger partial charge is 0.337 e. The van der Waals surface area contributed by atoms with E-state index in [0.29, 0.717) is 11.6 Å². The summed E-state index contributed by atoms with van der Waals surface area (Å²) in [6.45, 7) is 5.35. The maximum Gasteiger partial charge on any atom is 0.337 e. The zero-order valence-corrected chi connectivity index (χ0v) is 11.8. The third kappa shape index (κ3) is 4.15. The summed E-state index contributed by atoms with van der Waals surface area (Å²) in [5.41, 5.74) is 1.82. The molecule has 1 aromatic carbocycles. The maximum absolute atomic E-state index is 11.3. The van der Waals surface area contributed by atoms with Crippen LogP contribution in [0.1, 0.15) is 42.6 Å². The molecular formula is C15H23NO2. The van der Waals surface area contributed by atoms with E-state index in [-0.39, 0.29) is 5.97 Å². The molecule has 1 aromatic rings. The molecule has 0 heterocycles. The van der Waals surface area contributed by atoms with Crippen LogP contribution in [0.15, 0.2) is 24.3 Å². The fraction of sp³-hybridized carbons (Fsp3) is 0.533. The van der Waals surface area contributed by atoms with Crippen LogP contribution in [-0.2, 0) is 11.3 Å². The van der Waals surface area contributed by atoms with Crippen LogP contribution >= 0.6 is 0 Å². The topological polar surface area (TPSA) is 29.5 Å². The van der Waals surface area contributed by atoms with Gasteiger partial charge in [-0.15, -0.1) is 0 Å². The molecule has 0 saturated heterocycles. The van der Waals surface area contributed by atoms with Crippen LogP contribution in [0.4, 0.5) is 0 Å². The molecule has 0 saturated carbocycles. The van der Waals surface area contributed by atoms with Gasteiger partial charge in [-0.2, -0.15) is 0 Å². The third-order valence-electron chi connectivity index (χ3n) is 3.27. The van der Waals surface area contributed by atoms with Gasteiger partial charge < -0.3 is 4.74 Å². The Morgan fingerprint density at radius 1 is 1.33 bits per heavy atom. The standard InChI is InChI=1S/C15H23NO2/c1-5-6-12(2)16(3)11-13-7-9-14(10-8-13)15(17)18-4/h7-10,12H,5-6,11H2,1-4H3. The van der Waals surface area contributed by atoms with Crippen LogP contribution in [0.25, 0.3) is 0 Å². The molecule has 0 aliphatic heterocycles. The van der Waals surface area contributed by atoms with Crippen molar-refractivity contribution in [2.75, 3.05) is 14.2 Å². The Labute approximate surface area is 110 Å². The van der Waals surface area contributed by atoms with Crippen molar-refractivity contribution in [3.8, 4) is 0 Å². The number of methoxy groups -OCH3 is 1. The Morgan fingerprint density at radius 3 is 2.44 bits per heavy atom. The first-order chi connectivity index (χ1) is 8.58. The van der Waals surface area contributed by atoms with Crippen molar-refractivity contribution in [3.63, 3.8) is 0 Å². The zero-order valence-electron chi connectivity index (χ0n) is 11.8. The average molecular weight is 249 g/mol. The molecule has 100 valence electrons. The third-order valence-corrected chi connectivity index (χ3v) is 3.27. The molecule has 0 radical (unpaired) electrons. The van der Waals surface area contributed by atoms with Crippen molar-refractivity contribution in [2.45, 2.75) is 39.3 Å². The molecule has 1 atom stereocenters. The number of esters is 1. The van der Waals surface area contributed by atoms with Gasteiger partial charge in [0.15, 0.2) is 0 Å². The highest BCUT2D eigenvalue weighted by atomic mass is 16.5. The SMILES string of the molecule is CCCC(C)N(C)Cc1ccc(C(=O)OC)cc1. The molecule has 0 spiro atoms. The quantitative estimate of drug-likeness (QED) is 0.726. The van der Waals surface area contributed by atoms with Gasteiger partial charge in [0.1, 0.15) is 0 Å². The Kier molecular flexibility index (Phi) is 5.86. The van der Waals surface area contributed by atoms with Crippen LogP contribution in [-0.4, -0.2) is 31.1 Å². The lowest BCUT2D eigenvalue weighted by atomic mass is 10.1. The second-order valence-electron chi connectivity index (χ2n) is 4.74. The molecule has 1 rings (SSSR count). The lowest BCUT2D eigenvalue weighted by molar-refractivity contribution is 0.0600. The molecule has 3 heteroatoms. The van der Waals surface area contributed by atoms with E-state index >= 15 is 0 Å². The van der Waals surface area contributed by atoms with E-state index in [1.165, 1.54) is 25.5 Å². The van der Waals surface area contributed by atoms with Crippen LogP contribution in [0.5, 0.6) is 0 Å². The van der Waals surface area contributed by atoms with Crippen molar-refractivity contribution in [2.24, 2.45) is 0 Å². The summed E-state index contributed by atoms with van der Waals surface area (Å²) in [4.78, 5) is 13.6. The summed E-state index contributed by atoms with van der Waals surface area (Å²) in [6.07, 6.45) is 2.41. The normalized spacial score (nSPS) is 12.5. The molecule has 0 aliphatic rings. The van der Waals surface area contributed by atoms with E-state index in [1.54, 1.807) is 0 Å². The number of nitrogens with zero attached hydrogens (tertiary/aromatic N) is 1.